The zero-order valence-corrected chi connectivity index (χ0v) is 10.8. The summed E-state index contributed by atoms with van der Waals surface area (Å²) in [4.78, 5) is 7.95. The van der Waals surface area contributed by atoms with Gasteiger partial charge in [0.2, 0.25) is 0 Å². The third-order valence-corrected chi connectivity index (χ3v) is 3.66. The number of alkyl halides is 1. The molecule has 3 rings (SSSR count). The van der Waals surface area contributed by atoms with Crippen molar-refractivity contribution in [1.82, 2.24) is 14.5 Å². The van der Waals surface area contributed by atoms with E-state index in [1.807, 2.05) is 0 Å². The summed E-state index contributed by atoms with van der Waals surface area (Å²) < 4.78 is 21.0. The highest BCUT2D eigenvalue weighted by molar-refractivity contribution is 5.86. The first kappa shape index (κ1) is 13.2. The Morgan fingerprint density at radius 3 is 2.95 bits per heavy atom. The maximum atomic E-state index is 14.1. The lowest BCUT2D eigenvalue weighted by atomic mass is 9.98. The molecule has 0 aromatic carbocycles. The van der Waals surface area contributed by atoms with Crippen LogP contribution < -0.4 is 5.73 Å². The zero-order valence-electron chi connectivity index (χ0n) is 10.8. The number of nitrogen functional groups attached to an aromatic ring is 1. The van der Waals surface area contributed by atoms with Crippen LogP contribution in [-0.4, -0.2) is 49.2 Å². The number of nitrogens with zero attached hydrogens (tertiary/aromatic N) is 3. The highest BCUT2D eigenvalue weighted by atomic mass is 19.1. The number of ether oxygens (including phenoxy) is 1. The molecule has 4 atom stereocenters. The Labute approximate surface area is 113 Å². The highest BCUT2D eigenvalue weighted by Gasteiger charge is 2.54. The number of aliphatic hydroxyl groups excluding tert-OH is 1. The van der Waals surface area contributed by atoms with E-state index in [2.05, 4.69) is 9.97 Å². The van der Waals surface area contributed by atoms with Gasteiger partial charge in [0, 0.05) is 6.20 Å². The molecule has 1 aliphatic heterocycles. The molecule has 0 spiro atoms. The molecule has 1 saturated heterocycles. The molecule has 108 valence electrons. The third-order valence-electron chi connectivity index (χ3n) is 3.66. The molecule has 3 heterocycles. The van der Waals surface area contributed by atoms with Crippen molar-refractivity contribution in [3.8, 4) is 0 Å². The maximum absolute atomic E-state index is 14.1. The van der Waals surface area contributed by atoms with Gasteiger partial charge in [0.15, 0.2) is 12.4 Å². The number of fused-ring (bicyclic) bond motifs is 1. The first-order chi connectivity index (χ1) is 9.46. The number of rotatable bonds is 2. The number of hydrogen-bond acceptors (Lipinski definition) is 6. The largest absolute Gasteiger partial charge is 0.394 e. The molecule has 0 amide bonds. The Bertz CT molecular complexity index is 645. The van der Waals surface area contributed by atoms with Crippen molar-refractivity contribution in [2.24, 2.45) is 0 Å². The van der Waals surface area contributed by atoms with Crippen LogP contribution in [-0.2, 0) is 4.74 Å². The van der Waals surface area contributed by atoms with Crippen LogP contribution in [0, 0.1) is 0 Å². The maximum Gasteiger partial charge on any atom is 0.167 e. The number of aliphatic hydroxyl groups is 2. The Hall–Kier alpha value is -1.77. The van der Waals surface area contributed by atoms with Gasteiger partial charge in [0.1, 0.15) is 29.5 Å². The highest BCUT2D eigenvalue weighted by Crippen LogP contribution is 2.41. The second-order valence-electron chi connectivity index (χ2n) is 5.06. The van der Waals surface area contributed by atoms with Crippen molar-refractivity contribution >= 4 is 16.9 Å². The molecule has 2 aromatic heterocycles. The van der Waals surface area contributed by atoms with Crippen LogP contribution in [0.4, 0.5) is 10.2 Å². The number of anilines is 1. The van der Waals surface area contributed by atoms with E-state index in [4.69, 9.17) is 15.6 Å². The molecule has 2 aromatic rings. The van der Waals surface area contributed by atoms with Crippen LogP contribution in [0.3, 0.4) is 0 Å². The lowest BCUT2D eigenvalue weighted by Crippen LogP contribution is -2.41. The average Bonchev–Trinajstić information content (AvgIpc) is 2.92. The summed E-state index contributed by atoms with van der Waals surface area (Å²) >= 11 is 0. The lowest BCUT2D eigenvalue weighted by Gasteiger charge is -2.26. The number of aromatic nitrogens is 3. The molecule has 0 aliphatic carbocycles. The molecule has 1 fully saturated rings. The predicted molar refractivity (Wildman–Crippen MR) is 68.5 cm³/mol. The average molecular weight is 282 g/mol. The van der Waals surface area contributed by atoms with E-state index in [1.54, 1.807) is 12.3 Å². The van der Waals surface area contributed by atoms with Crippen LogP contribution in [0.2, 0.25) is 0 Å². The fourth-order valence-corrected chi connectivity index (χ4v) is 2.55. The van der Waals surface area contributed by atoms with Gasteiger partial charge < -0.3 is 25.3 Å². The van der Waals surface area contributed by atoms with Gasteiger partial charge in [-0.05, 0) is 13.0 Å². The summed E-state index contributed by atoms with van der Waals surface area (Å²) in [7, 11) is 0. The van der Waals surface area contributed by atoms with Gasteiger partial charge in [-0.3, -0.25) is 0 Å². The molecule has 7 nitrogen and oxygen atoms in total. The third kappa shape index (κ3) is 1.69. The smallest absolute Gasteiger partial charge is 0.167 e. The normalized spacial score (nSPS) is 33.9. The second-order valence-corrected chi connectivity index (χ2v) is 5.06. The van der Waals surface area contributed by atoms with E-state index in [-0.39, 0.29) is 0 Å². The SMILES string of the molecule is C[C@@]1(O)[C@H](F)[C@@H](CO)O[C@H]1n1ccc2c(N)ncnc21. The molecule has 0 radical (unpaired) electrons. The summed E-state index contributed by atoms with van der Waals surface area (Å²) in [6.45, 7) is 0.818. The molecule has 1 aliphatic rings. The van der Waals surface area contributed by atoms with Crippen molar-refractivity contribution in [3.63, 3.8) is 0 Å². The van der Waals surface area contributed by atoms with E-state index >= 15 is 0 Å². The van der Waals surface area contributed by atoms with Crippen molar-refractivity contribution in [3.05, 3.63) is 18.6 Å². The van der Waals surface area contributed by atoms with Crippen molar-refractivity contribution in [2.75, 3.05) is 12.3 Å². The summed E-state index contributed by atoms with van der Waals surface area (Å²) in [5.41, 5.74) is 4.39. The minimum atomic E-state index is -1.78. The van der Waals surface area contributed by atoms with E-state index in [1.165, 1.54) is 17.8 Å². The van der Waals surface area contributed by atoms with Crippen LogP contribution in [0.25, 0.3) is 11.0 Å². The number of halogens is 1. The molecule has 0 bridgehead atoms. The van der Waals surface area contributed by atoms with Crippen LogP contribution in [0.5, 0.6) is 0 Å². The summed E-state index contributed by atoms with van der Waals surface area (Å²) in [6.07, 6.45) is -0.891. The van der Waals surface area contributed by atoms with Gasteiger partial charge in [-0.1, -0.05) is 0 Å². The first-order valence-corrected chi connectivity index (χ1v) is 6.16. The monoisotopic (exact) mass is 282 g/mol. The zero-order chi connectivity index (χ0) is 14.5. The molecular formula is C12H15FN4O3. The van der Waals surface area contributed by atoms with Crippen molar-refractivity contribution in [2.45, 2.75) is 31.0 Å². The summed E-state index contributed by atoms with van der Waals surface area (Å²) in [6, 6.07) is 1.67. The standard InChI is InChI=1S/C12H15FN4O3/c1-12(19)8(13)7(4-18)20-11(12)17-3-2-6-9(14)15-5-16-10(6)17/h2-3,5,7-8,11,18-19H,4H2,1H3,(H2,14,15,16)/t7-,8-,11-,12-/m1/s1. The van der Waals surface area contributed by atoms with E-state index in [0.29, 0.717) is 16.9 Å². The van der Waals surface area contributed by atoms with Gasteiger partial charge >= 0.3 is 0 Å². The van der Waals surface area contributed by atoms with E-state index < -0.39 is 30.7 Å². The number of nitrogens with two attached hydrogens (primary N) is 1. The fourth-order valence-electron chi connectivity index (χ4n) is 2.55. The fraction of sp³-hybridized carbons (Fsp3) is 0.500. The molecule has 0 saturated carbocycles. The van der Waals surface area contributed by atoms with Gasteiger partial charge in [-0.25, -0.2) is 14.4 Å². The number of hydrogen-bond donors (Lipinski definition) is 3. The lowest BCUT2D eigenvalue weighted by molar-refractivity contribution is -0.0889. The molecular weight excluding hydrogens is 267 g/mol. The Balaban J connectivity index is 2.10. The molecule has 4 N–H and O–H groups in total. The van der Waals surface area contributed by atoms with E-state index in [9.17, 15) is 9.50 Å². The summed E-state index contributed by atoms with van der Waals surface area (Å²) in [5, 5.41) is 20.0. The Kier molecular flexibility index (Phi) is 2.89. The molecule has 0 unspecified atom stereocenters. The van der Waals surface area contributed by atoms with E-state index in [0.717, 1.165) is 0 Å². The molecule has 8 heteroatoms. The van der Waals surface area contributed by atoms with Crippen LogP contribution >= 0.6 is 0 Å². The molecule has 20 heavy (non-hydrogen) atoms. The van der Waals surface area contributed by atoms with Crippen molar-refractivity contribution < 1.29 is 19.3 Å². The van der Waals surface area contributed by atoms with Gasteiger partial charge in [0.05, 0.1) is 12.0 Å². The Morgan fingerprint density at radius 2 is 2.30 bits per heavy atom. The van der Waals surface area contributed by atoms with Gasteiger partial charge in [-0.15, -0.1) is 0 Å². The van der Waals surface area contributed by atoms with Crippen LogP contribution in [0.15, 0.2) is 18.6 Å². The first-order valence-electron chi connectivity index (χ1n) is 6.16. The predicted octanol–water partition coefficient (Wildman–Crippen LogP) is -0.00770. The van der Waals surface area contributed by atoms with Crippen LogP contribution in [0.1, 0.15) is 13.2 Å². The van der Waals surface area contributed by atoms with Gasteiger partial charge in [-0.2, -0.15) is 0 Å². The Morgan fingerprint density at radius 1 is 1.55 bits per heavy atom. The second kappa shape index (κ2) is 4.37. The van der Waals surface area contributed by atoms with Gasteiger partial charge in [0.25, 0.3) is 0 Å². The van der Waals surface area contributed by atoms with Crippen molar-refractivity contribution in [1.29, 1.82) is 0 Å². The minimum Gasteiger partial charge on any atom is -0.394 e. The minimum absolute atomic E-state index is 0.293. The summed E-state index contributed by atoms with van der Waals surface area (Å²) in [5.74, 6) is 0.293. The quantitative estimate of drug-likeness (QED) is 0.715. The topological polar surface area (TPSA) is 106 Å².